The Morgan fingerprint density at radius 3 is 2.85 bits per heavy atom. The number of aromatic nitrogens is 1. The number of sulfonamides is 1. The number of pyridine rings is 1. The molecule has 20 heavy (non-hydrogen) atoms. The fourth-order valence-corrected chi connectivity index (χ4v) is 4.97. The van der Waals surface area contributed by atoms with Crippen LogP contribution in [0.3, 0.4) is 0 Å². The van der Waals surface area contributed by atoms with E-state index in [4.69, 9.17) is 0 Å². The molecule has 2 aliphatic rings. The van der Waals surface area contributed by atoms with Gasteiger partial charge in [0.25, 0.3) is 0 Å². The zero-order chi connectivity index (χ0) is 14.2. The van der Waals surface area contributed by atoms with Gasteiger partial charge in [-0.15, -0.1) is 0 Å². The molecule has 3 rings (SSSR count). The van der Waals surface area contributed by atoms with Crippen molar-refractivity contribution in [3.63, 3.8) is 0 Å². The van der Waals surface area contributed by atoms with Crippen molar-refractivity contribution in [1.82, 2.24) is 9.71 Å². The highest BCUT2D eigenvalue weighted by Crippen LogP contribution is 2.48. The van der Waals surface area contributed by atoms with E-state index in [1.165, 1.54) is 31.9 Å². The SMILES string of the molecule is CNc1ccncc1S(=O)(=O)NCC1CC2CCC1C2. The molecule has 1 aromatic heterocycles. The summed E-state index contributed by atoms with van der Waals surface area (Å²) in [6, 6.07) is 1.67. The smallest absolute Gasteiger partial charge is 0.244 e. The molecule has 1 heterocycles. The second-order valence-corrected chi connectivity index (χ2v) is 7.64. The summed E-state index contributed by atoms with van der Waals surface area (Å²) in [5.41, 5.74) is 0.584. The topological polar surface area (TPSA) is 71.1 Å². The van der Waals surface area contributed by atoms with Crippen molar-refractivity contribution in [3.05, 3.63) is 18.5 Å². The molecule has 0 aliphatic heterocycles. The molecule has 2 saturated carbocycles. The summed E-state index contributed by atoms with van der Waals surface area (Å²) in [5, 5.41) is 2.90. The molecule has 0 amide bonds. The van der Waals surface area contributed by atoms with E-state index < -0.39 is 10.0 Å². The first kappa shape index (κ1) is 13.8. The standard InChI is InChI=1S/C14H21N3O2S/c1-15-13-4-5-16-9-14(13)20(18,19)17-8-12-7-10-2-3-11(12)6-10/h4-5,9-12,17H,2-3,6-8H2,1H3,(H,15,16). The van der Waals surface area contributed by atoms with Gasteiger partial charge >= 0.3 is 0 Å². The molecule has 0 aromatic carbocycles. The number of fused-ring (bicyclic) bond motifs is 2. The van der Waals surface area contributed by atoms with E-state index in [0.29, 0.717) is 18.2 Å². The van der Waals surface area contributed by atoms with Crippen LogP contribution in [-0.2, 0) is 10.0 Å². The van der Waals surface area contributed by atoms with Gasteiger partial charge in [-0.1, -0.05) is 6.42 Å². The highest BCUT2D eigenvalue weighted by Gasteiger charge is 2.39. The van der Waals surface area contributed by atoms with Gasteiger partial charge in [0.15, 0.2) is 0 Å². The summed E-state index contributed by atoms with van der Waals surface area (Å²) >= 11 is 0. The quantitative estimate of drug-likeness (QED) is 0.869. The van der Waals surface area contributed by atoms with Crippen molar-refractivity contribution < 1.29 is 8.42 Å². The zero-order valence-electron chi connectivity index (χ0n) is 11.7. The van der Waals surface area contributed by atoms with Crippen LogP contribution in [0.4, 0.5) is 5.69 Å². The van der Waals surface area contributed by atoms with E-state index in [1.807, 2.05) is 0 Å². The lowest BCUT2D eigenvalue weighted by Crippen LogP contribution is -2.32. The molecule has 2 aliphatic carbocycles. The molecule has 5 nitrogen and oxygen atoms in total. The minimum absolute atomic E-state index is 0.227. The first-order chi connectivity index (χ1) is 9.60. The summed E-state index contributed by atoms with van der Waals surface area (Å²) in [6.07, 6.45) is 8.06. The molecule has 2 fully saturated rings. The van der Waals surface area contributed by atoms with Gasteiger partial charge < -0.3 is 5.32 Å². The van der Waals surface area contributed by atoms with Crippen LogP contribution in [-0.4, -0.2) is 27.0 Å². The van der Waals surface area contributed by atoms with Crippen LogP contribution >= 0.6 is 0 Å². The van der Waals surface area contributed by atoms with Gasteiger partial charge in [0.05, 0.1) is 5.69 Å². The van der Waals surface area contributed by atoms with Crippen molar-refractivity contribution >= 4 is 15.7 Å². The van der Waals surface area contributed by atoms with Crippen LogP contribution in [0.5, 0.6) is 0 Å². The summed E-state index contributed by atoms with van der Waals surface area (Å²) in [6.45, 7) is 0.557. The van der Waals surface area contributed by atoms with Crippen LogP contribution < -0.4 is 10.0 Å². The molecule has 2 bridgehead atoms. The van der Waals surface area contributed by atoms with E-state index >= 15 is 0 Å². The van der Waals surface area contributed by atoms with Gasteiger partial charge in [0.1, 0.15) is 4.90 Å². The molecule has 2 N–H and O–H groups in total. The second-order valence-electron chi connectivity index (χ2n) is 5.91. The molecule has 1 aromatic rings. The van der Waals surface area contributed by atoms with Gasteiger partial charge in [-0.05, 0) is 43.1 Å². The first-order valence-corrected chi connectivity index (χ1v) is 8.70. The maximum absolute atomic E-state index is 12.4. The Kier molecular flexibility index (Phi) is 3.69. The van der Waals surface area contributed by atoms with Crippen molar-refractivity contribution in [2.75, 3.05) is 18.9 Å². The Morgan fingerprint density at radius 2 is 2.20 bits per heavy atom. The molecule has 0 radical (unpaired) electrons. The third-order valence-corrected chi connectivity index (χ3v) is 6.21. The second kappa shape index (κ2) is 5.33. The highest BCUT2D eigenvalue weighted by atomic mass is 32.2. The minimum Gasteiger partial charge on any atom is -0.387 e. The average Bonchev–Trinajstić information content (AvgIpc) is 3.07. The third kappa shape index (κ3) is 2.54. The Labute approximate surface area is 120 Å². The highest BCUT2D eigenvalue weighted by molar-refractivity contribution is 7.89. The number of rotatable bonds is 5. The van der Waals surface area contributed by atoms with E-state index in [-0.39, 0.29) is 4.90 Å². The minimum atomic E-state index is -3.48. The molecule has 3 atom stereocenters. The summed E-state index contributed by atoms with van der Waals surface area (Å²) in [5.74, 6) is 2.07. The Hall–Kier alpha value is -1.14. The lowest BCUT2D eigenvalue weighted by Gasteiger charge is -2.22. The Bertz CT molecular complexity index is 588. The van der Waals surface area contributed by atoms with E-state index in [2.05, 4.69) is 15.0 Å². The van der Waals surface area contributed by atoms with Crippen molar-refractivity contribution in [3.8, 4) is 0 Å². The third-order valence-electron chi connectivity index (χ3n) is 4.76. The van der Waals surface area contributed by atoms with Crippen molar-refractivity contribution in [2.45, 2.75) is 30.6 Å². The maximum atomic E-state index is 12.4. The monoisotopic (exact) mass is 295 g/mol. The Balaban J connectivity index is 1.69. The first-order valence-electron chi connectivity index (χ1n) is 7.21. The van der Waals surface area contributed by atoms with Crippen LogP contribution in [0.1, 0.15) is 25.7 Å². The fourth-order valence-electron chi connectivity index (χ4n) is 3.72. The largest absolute Gasteiger partial charge is 0.387 e. The van der Waals surface area contributed by atoms with E-state index in [9.17, 15) is 8.42 Å². The number of nitrogens with zero attached hydrogens (tertiary/aromatic N) is 1. The van der Waals surface area contributed by atoms with Crippen molar-refractivity contribution in [2.24, 2.45) is 17.8 Å². The normalized spacial score (nSPS) is 28.8. The Morgan fingerprint density at radius 1 is 1.35 bits per heavy atom. The zero-order valence-corrected chi connectivity index (χ0v) is 12.5. The number of anilines is 1. The molecule has 0 saturated heterocycles. The molecule has 3 unspecified atom stereocenters. The maximum Gasteiger partial charge on any atom is 0.244 e. The van der Waals surface area contributed by atoms with Crippen LogP contribution in [0.15, 0.2) is 23.4 Å². The predicted molar refractivity (Wildman–Crippen MR) is 77.9 cm³/mol. The molecule has 110 valence electrons. The van der Waals surface area contributed by atoms with E-state index in [1.54, 1.807) is 19.3 Å². The number of hydrogen-bond donors (Lipinski definition) is 2. The van der Waals surface area contributed by atoms with Crippen molar-refractivity contribution in [1.29, 1.82) is 0 Å². The number of nitrogens with one attached hydrogen (secondary N) is 2. The lowest BCUT2D eigenvalue weighted by molar-refractivity contribution is 0.333. The van der Waals surface area contributed by atoms with Gasteiger partial charge in [-0.25, -0.2) is 13.1 Å². The van der Waals surface area contributed by atoms with Crippen LogP contribution in [0.25, 0.3) is 0 Å². The lowest BCUT2D eigenvalue weighted by atomic mass is 9.89. The predicted octanol–water partition coefficient (Wildman–Crippen LogP) is 1.84. The summed E-state index contributed by atoms with van der Waals surface area (Å²) in [7, 11) is -1.77. The van der Waals surface area contributed by atoms with Gasteiger partial charge in [-0.3, -0.25) is 4.98 Å². The average molecular weight is 295 g/mol. The summed E-state index contributed by atoms with van der Waals surface area (Å²) in [4.78, 5) is 4.15. The van der Waals surface area contributed by atoms with E-state index in [0.717, 1.165) is 11.8 Å². The molecule has 0 spiro atoms. The molecule has 6 heteroatoms. The van der Waals surface area contributed by atoms with Crippen LogP contribution in [0, 0.1) is 17.8 Å². The molecular weight excluding hydrogens is 274 g/mol. The van der Waals surface area contributed by atoms with Crippen LogP contribution in [0.2, 0.25) is 0 Å². The molecular formula is C14H21N3O2S. The van der Waals surface area contributed by atoms with Gasteiger partial charge in [0, 0.05) is 26.0 Å². The van der Waals surface area contributed by atoms with Gasteiger partial charge in [0.2, 0.25) is 10.0 Å². The fraction of sp³-hybridized carbons (Fsp3) is 0.643. The summed E-state index contributed by atoms with van der Waals surface area (Å²) < 4.78 is 27.5. The number of hydrogen-bond acceptors (Lipinski definition) is 4. The van der Waals surface area contributed by atoms with Gasteiger partial charge in [-0.2, -0.15) is 0 Å².